The van der Waals surface area contributed by atoms with E-state index < -0.39 is 0 Å². The third-order valence-corrected chi connectivity index (χ3v) is 2.70. The molecule has 1 aromatic carbocycles. The second kappa shape index (κ2) is 5.31. The number of aliphatic hydroxyl groups is 1. The number of aromatic nitrogens is 2. The molecule has 0 bridgehead atoms. The molecule has 0 radical (unpaired) electrons. The van der Waals surface area contributed by atoms with Crippen LogP contribution < -0.4 is 4.74 Å². The van der Waals surface area contributed by atoms with Gasteiger partial charge in [0.1, 0.15) is 5.75 Å². The molecule has 0 atom stereocenters. The average Bonchev–Trinajstić information content (AvgIpc) is 2.35. The Kier molecular flexibility index (Phi) is 3.78. The maximum absolute atomic E-state index is 8.81. The molecule has 0 aliphatic rings. The summed E-state index contributed by atoms with van der Waals surface area (Å²) in [7, 11) is 0. The van der Waals surface area contributed by atoms with Gasteiger partial charge in [0.2, 0.25) is 5.88 Å². The van der Waals surface area contributed by atoms with Crippen LogP contribution in [0.15, 0.2) is 30.6 Å². The smallest absolute Gasteiger partial charge is 0.237 e. The van der Waals surface area contributed by atoms with Crippen LogP contribution in [0, 0.1) is 0 Å². The zero-order valence-electron chi connectivity index (χ0n) is 8.60. The van der Waals surface area contributed by atoms with E-state index in [0.29, 0.717) is 27.4 Å². The van der Waals surface area contributed by atoms with Gasteiger partial charge < -0.3 is 9.84 Å². The van der Waals surface area contributed by atoms with E-state index in [9.17, 15) is 0 Å². The van der Waals surface area contributed by atoms with Crippen molar-refractivity contribution in [3.63, 3.8) is 0 Å². The van der Waals surface area contributed by atoms with Gasteiger partial charge in [0.05, 0.1) is 34.7 Å². The van der Waals surface area contributed by atoms with Gasteiger partial charge >= 0.3 is 0 Å². The molecule has 0 aliphatic carbocycles. The fraction of sp³-hybridized carbons (Fsp3) is 0.0909. The summed E-state index contributed by atoms with van der Waals surface area (Å²) in [6, 6.07) is 4.90. The Morgan fingerprint density at radius 3 is 2.53 bits per heavy atom. The number of ether oxygens (including phenoxy) is 1. The zero-order valence-corrected chi connectivity index (χ0v) is 10.1. The van der Waals surface area contributed by atoms with Gasteiger partial charge in [-0.25, -0.2) is 4.98 Å². The molecule has 1 heterocycles. The number of nitrogens with zero attached hydrogens (tertiary/aromatic N) is 2. The Labute approximate surface area is 108 Å². The summed E-state index contributed by atoms with van der Waals surface area (Å²) < 4.78 is 5.42. The molecule has 0 amide bonds. The molecule has 2 aromatic rings. The first-order valence-electron chi connectivity index (χ1n) is 4.73. The van der Waals surface area contributed by atoms with Crippen LogP contribution in [0.5, 0.6) is 11.6 Å². The first kappa shape index (κ1) is 12.1. The minimum Gasteiger partial charge on any atom is -0.437 e. The van der Waals surface area contributed by atoms with E-state index in [1.54, 1.807) is 18.2 Å². The summed E-state index contributed by atoms with van der Waals surface area (Å²) >= 11 is 11.6. The van der Waals surface area contributed by atoms with E-state index >= 15 is 0 Å². The van der Waals surface area contributed by atoms with Crippen molar-refractivity contribution in [2.75, 3.05) is 0 Å². The van der Waals surface area contributed by atoms with E-state index in [1.807, 2.05) is 0 Å². The van der Waals surface area contributed by atoms with Gasteiger partial charge in [0.25, 0.3) is 0 Å². The van der Waals surface area contributed by atoms with Crippen LogP contribution in [0.3, 0.4) is 0 Å². The van der Waals surface area contributed by atoms with E-state index in [1.165, 1.54) is 12.4 Å². The SMILES string of the molecule is OCc1cnc(Oc2ccc(Cl)c(Cl)c2)cn1. The third kappa shape index (κ3) is 3.06. The molecule has 0 aliphatic heterocycles. The van der Waals surface area contributed by atoms with Gasteiger partial charge in [0, 0.05) is 6.07 Å². The largest absolute Gasteiger partial charge is 0.437 e. The number of hydrogen-bond acceptors (Lipinski definition) is 4. The van der Waals surface area contributed by atoms with Crippen LogP contribution in [0.2, 0.25) is 10.0 Å². The van der Waals surface area contributed by atoms with Crippen molar-refractivity contribution in [1.29, 1.82) is 0 Å². The highest BCUT2D eigenvalue weighted by Crippen LogP contribution is 2.28. The molecule has 0 spiro atoms. The predicted octanol–water partition coefficient (Wildman–Crippen LogP) is 3.07. The Hall–Kier alpha value is -1.36. The standard InChI is InChI=1S/C11H8Cl2N2O2/c12-9-2-1-8(3-10(9)13)17-11-5-14-7(6-16)4-15-11/h1-5,16H,6H2. The van der Waals surface area contributed by atoms with Gasteiger partial charge in [-0.1, -0.05) is 23.2 Å². The molecular formula is C11H8Cl2N2O2. The number of rotatable bonds is 3. The molecule has 0 saturated carbocycles. The Balaban J connectivity index is 2.16. The minimum atomic E-state index is -0.153. The molecule has 0 fully saturated rings. The molecule has 1 aromatic heterocycles. The van der Waals surface area contributed by atoms with Crippen LogP contribution in [0.25, 0.3) is 0 Å². The van der Waals surface area contributed by atoms with Gasteiger partial charge in [-0.05, 0) is 12.1 Å². The van der Waals surface area contributed by atoms with E-state index in [2.05, 4.69) is 9.97 Å². The third-order valence-electron chi connectivity index (χ3n) is 1.96. The van der Waals surface area contributed by atoms with Crippen molar-refractivity contribution in [1.82, 2.24) is 9.97 Å². The summed E-state index contributed by atoms with van der Waals surface area (Å²) in [6.45, 7) is -0.153. The normalized spacial score (nSPS) is 10.3. The van der Waals surface area contributed by atoms with Gasteiger partial charge in [-0.3, -0.25) is 4.98 Å². The van der Waals surface area contributed by atoms with E-state index in [4.69, 9.17) is 33.0 Å². The van der Waals surface area contributed by atoms with E-state index in [0.717, 1.165) is 0 Å². The van der Waals surface area contributed by atoms with Crippen LogP contribution in [-0.4, -0.2) is 15.1 Å². The summed E-state index contributed by atoms with van der Waals surface area (Å²) in [5.41, 5.74) is 0.478. The molecule has 6 heteroatoms. The minimum absolute atomic E-state index is 0.153. The second-order valence-electron chi connectivity index (χ2n) is 3.18. The first-order chi connectivity index (χ1) is 8.19. The zero-order chi connectivity index (χ0) is 12.3. The summed E-state index contributed by atoms with van der Waals surface area (Å²) in [5, 5.41) is 9.68. The molecule has 88 valence electrons. The van der Waals surface area contributed by atoms with Crippen molar-refractivity contribution < 1.29 is 9.84 Å². The highest BCUT2D eigenvalue weighted by Gasteiger charge is 2.03. The molecule has 2 rings (SSSR count). The Morgan fingerprint density at radius 2 is 1.94 bits per heavy atom. The summed E-state index contributed by atoms with van der Waals surface area (Å²) in [4.78, 5) is 7.91. The topological polar surface area (TPSA) is 55.2 Å². The highest BCUT2D eigenvalue weighted by atomic mass is 35.5. The van der Waals surface area contributed by atoms with Gasteiger partial charge in [-0.15, -0.1) is 0 Å². The molecule has 4 nitrogen and oxygen atoms in total. The van der Waals surface area contributed by atoms with E-state index in [-0.39, 0.29) is 6.61 Å². The summed E-state index contributed by atoms with van der Waals surface area (Å²) in [6.07, 6.45) is 2.86. The lowest BCUT2D eigenvalue weighted by atomic mass is 10.3. The maximum atomic E-state index is 8.81. The van der Waals surface area contributed by atoms with Crippen molar-refractivity contribution in [2.24, 2.45) is 0 Å². The Bertz CT molecular complexity index is 517. The second-order valence-corrected chi connectivity index (χ2v) is 4.00. The number of benzene rings is 1. The van der Waals surface area contributed by atoms with Gasteiger partial charge in [0.15, 0.2) is 0 Å². The lowest BCUT2D eigenvalue weighted by Crippen LogP contribution is -1.93. The fourth-order valence-electron chi connectivity index (χ4n) is 1.14. The van der Waals surface area contributed by atoms with Crippen molar-refractivity contribution in [3.8, 4) is 11.6 Å². The van der Waals surface area contributed by atoms with Crippen molar-refractivity contribution >= 4 is 23.2 Å². The monoisotopic (exact) mass is 270 g/mol. The van der Waals surface area contributed by atoms with Crippen LogP contribution >= 0.6 is 23.2 Å². The molecule has 17 heavy (non-hydrogen) atoms. The first-order valence-corrected chi connectivity index (χ1v) is 5.49. The van der Waals surface area contributed by atoms with Crippen molar-refractivity contribution in [3.05, 3.63) is 46.3 Å². The van der Waals surface area contributed by atoms with Crippen LogP contribution in [-0.2, 0) is 6.61 Å². The maximum Gasteiger partial charge on any atom is 0.237 e. The van der Waals surface area contributed by atoms with Crippen molar-refractivity contribution in [2.45, 2.75) is 6.61 Å². The average molecular weight is 271 g/mol. The number of halogens is 2. The quantitative estimate of drug-likeness (QED) is 0.932. The Morgan fingerprint density at radius 1 is 1.12 bits per heavy atom. The summed E-state index contributed by atoms with van der Waals surface area (Å²) in [5.74, 6) is 0.839. The number of aliphatic hydroxyl groups excluding tert-OH is 1. The predicted molar refractivity (Wildman–Crippen MR) is 64.5 cm³/mol. The fourth-order valence-corrected chi connectivity index (χ4v) is 1.43. The highest BCUT2D eigenvalue weighted by molar-refractivity contribution is 6.42. The molecule has 1 N–H and O–H groups in total. The van der Waals surface area contributed by atoms with Gasteiger partial charge in [-0.2, -0.15) is 0 Å². The lowest BCUT2D eigenvalue weighted by molar-refractivity contribution is 0.276. The lowest BCUT2D eigenvalue weighted by Gasteiger charge is -2.05. The molecular weight excluding hydrogens is 263 g/mol. The number of hydrogen-bond donors (Lipinski definition) is 1. The van der Waals surface area contributed by atoms with Crippen LogP contribution in [0.4, 0.5) is 0 Å². The van der Waals surface area contributed by atoms with Crippen LogP contribution in [0.1, 0.15) is 5.69 Å². The molecule has 0 unspecified atom stereocenters. The molecule has 0 saturated heterocycles.